The average Bonchev–Trinajstić information content (AvgIpc) is 3.10. The molecule has 1 heterocycles. The highest BCUT2D eigenvalue weighted by atomic mass is 79.9. The summed E-state index contributed by atoms with van der Waals surface area (Å²) in [6.45, 7) is 1.22. The van der Waals surface area contributed by atoms with Gasteiger partial charge in [-0.3, -0.25) is 4.79 Å². The Kier molecular flexibility index (Phi) is 6.44. The smallest absolute Gasteiger partial charge is 0.257 e. The van der Waals surface area contributed by atoms with Crippen LogP contribution in [0.3, 0.4) is 0 Å². The Hall–Kier alpha value is -3.12. The molecule has 1 N–H and O–H groups in total. The molecule has 4 aromatic rings. The zero-order valence-electron chi connectivity index (χ0n) is 16.4. The second-order valence-electron chi connectivity index (χ2n) is 6.93. The van der Waals surface area contributed by atoms with Crippen LogP contribution in [0.5, 0.6) is 5.75 Å². The third-order valence-electron chi connectivity index (χ3n) is 4.75. The summed E-state index contributed by atoms with van der Waals surface area (Å²) in [6, 6.07) is 25.7. The normalized spacial score (nSPS) is 10.8. The molecule has 3 aromatic carbocycles. The number of nitrogens with one attached hydrogen (secondary N) is 1. The topological polar surface area (TPSA) is 56.1 Å². The van der Waals surface area contributed by atoms with Gasteiger partial charge in [0.2, 0.25) is 0 Å². The van der Waals surface area contributed by atoms with Gasteiger partial charge in [-0.2, -0.15) is 0 Å². The first-order chi connectivity index (χ1) is 14.7. The van der Waals surface area contributed by atoms with E-state index in [1.807, 2.05) is 60.7 Å². The van der Waals surface area contributed by atoms with Crippen LogP contribution in [0, 0.1) is 0 Å². The van der Waals surface area contributed by atoms with E-state index >= 15 is 0 Å². The number of para-hydroxylation sites is 3. The van der Waals surface area contributed by atoms with Crippen LogP contribution in [0.2, 0.25) is 0 Å². The molecule has 152 valence electrons. The lowest BCUT2D eigenvalue weighted by Crippen LogP contribution is -2.31. The molecule has 0 aliphatic rings. The monoisotopic (exact) mass is 463 g/mol. The molecule has 0 aliphatic carbocycles. The summed E-state index contributed by atoms with van der Waals surface area (Å²) in [5.74, 6) is 1.48. The minimum absolute atomic E-state index is 0.00152. The molecule has 0 radical (unpaired) electrons. The highest BCUT2D eigenvalue weighted by molar-refractivity contribution is 9.10. The highest BCUT2D eigenvalue weighted by Crippen LogP contribution is 2.20. The molecular formula is C24H22BrN3O2. The Morgan fingerprint density at radius 1 is 1.00 bits per heavy atom. The number of fused-ring (bicyclic) bond motifs is 1. The standard InChI is InChI=1S/C24H22BrN3O2/c25-19-8-6-7-18(15-19)16-28-22-12-5-4-11-21(22)27-23(28)13-14-26-24(29)17-30-20-9-2-1-3-10-20/h1-12,15H,13-14,16-17H2,(H,26,29). The number of halogens is 1. The number of nitrogens with zero attached hydrogens (tertiary/aromatic N) is 2. The molecule has 1 amide bonds. The summed E-state index contributed by atoms with van der Waals surface area (Å²) in [4.78, 5) is 16.9. The highest BCUT2D eigenvalue weighted by Gasteiger charge is 2.12. The lowest BCUT2D eigenvalue weighted by Gasteiger charge is -2.11. The van der Waals surface area contributed by atoms with Crippen LogP contribution in [0.4, 0.5) is 0 Å². The maximum atomic E-state index is 12.1. The second-order valence-corrected chi connectivity index (χ2v) is 7.85. The van der Waals surface area contributed by atoms with Gasteiger partial charge < -0.3 is 14.6 Å². The van der Waals surface area contributed by atoms with Gasteiger partial charge in [-0.05, 0) is 42.0 Å². The zero-order chi connectivity index (χ0) is 20.8. The summed E-state index contributed by atoms with van der Waals surface area (Å²) in [5.41, 5.74) is 3.24. The van der Waals surface area contributed by atoms with E-state index in [1.165, 1.54) is 5.56 Å². The molecule has 30 heavy (non-hydrogen) atoms. The van der Waals surface area contributed by atoms with Crippen molar-refractivity contribution in [3.8, 4) is 5.75 Å². The summed E-state index contributed by atoms with van der Waals surface area (Å²) in [6.07, 6.45) is 0.639. The number of aromatic nitrogens is 2. The van der Waals surface area contributed by atoms with Gasteiger partial charge >= 0.3 is 0 Å². The van der Waals surface area contributed by atoms with Crippen molar-refractivity contribution < 1.29 is 9.53 Å². The van der Waals surface area contributed by atoms with Crippen LogP contribution in [0.15, 0.2) is 83.3 Å². The second kappa shape index (κ2) is 9.59. The number of hydrogen-bond donors (Lipinski definition) is 1. The summed E-state index contributed by atoms with van der Waals surface area (Å²) in [5, 5.41) is 2.92. The zero-order valence-corrected chi connectivity index (χ0v) is 18.0. The van der Waals surface area contributed by atoms with Gasteiger partial charge in [-0.25, -0.2) is 4.98 Å². The molecule has 0 atom stereocenters. The van der Waals surface area contributed by atoms with Crippen LogP contribution in [0.25, 0.3) is 11.0 Å². The lowest BCUT2D eigenvalue weighted by atomic mass is 10.2. The first kappa shape index (κ1) is 20.2. The Morgan fingerprint density at radius 2 is 1.80 bits per heavy atom. The van der Waals surface area contributed by atoms with Crippen molar-refractivity contribution in [2.75, 3.05) is 13.2 Å². The number of ether oxygens (including phenoxy) is 1. The number of amides is 1. The van der Waals surface area contributed by atoms with Gasteiger partial charge in [0.05, 0.1) is 11.0 Å². The van der Waals surface area contributed by atoms with Crippen molar-refractivity contribution in [1.29, 1.82) is 0 Å². The Balaban J connectivity index is 1.41. The number of carbonyl (C=O) groups excluding carboxylic acids is 1. The van der Waals surface area contributed by atoms with Crippen molar-refractivity contribution in [3.05, 3.63) is 94.7 Å². The molecule has 0 unspecified atom stereocenters. The maximum Gasteiger partial charge on any atom is 0.257 e. The molecule has 0 aliphatic heterocycles. The Labute approximate surface area is 183 Å². The summed E-state index contributed by atoms with van der Waals surface area (Å²) >= 11 is 3.54. The molecule has 4 rings (SSSR count). The van der Waals surface area contributed by atoms with Crippen molar-refractivity contribution in [2.24, 2.45) is 0 Å². The van der Waals surface area contributed by atoms with Crippen LogP contribution in [-0.4, -0.2) is 28.6 Å². The van der Waals surface area contributed by atoms with Gasteiger partial charge in [0, 0.05) is 24.0 Å². The van der Waals surface area contributed by atoms with E-state index in [-0.39, 0.29) is 12.5 Å². The molecule has 0 saturated carbocycles. The first-order valence-corrected chi connectivity index (χ1v) is 10.6. The number of carbonyl (C=O) groups is 1. The van der Waals surface area contributed by atoms with E-state index in [0.717, 1.165) is 27.9 Å². The largest absolute Gasteiger partial charge is 0.484 e. The fraction of sp³-hybridized carbons (Fsp3) is 0.167. The van der Waals surface area contributed by atoms with Gasteiger partial charge in [0.15, 0.2) is 6.61 Å². The Morgan fingerprint density at radius 3 is 2.63 bits per heavy atom. The SMILES string of the molecule is O=C(COc1ccccc1)NCCc1nc2ccccc2n1Cc1cccc(Br)c1. The van der Waals surface area contributed by atoms with Gasteiger partial charge in [0.25, 0.3) is 5.91 Å². The number of rotatable bonds is 8. The van der Waals surface area contributed by atoms with Crippen LogP contribution in [0.1, 0.15) is 11.4 Å². The van der Waals surface area contributed by atoms with E-state index in [1.54, 1.807) is 0 Å². The summed E-state index contributed by atoms with van der Waals surface area (Å²) < 4.78 is 8.76. The predicted molar refractivity (Wildman–Crippen MR) is 122 cm³/mol. The fourth-order valence-electron chi connectivity index (χ4n) is 3.34. The number of hydrogen-bond acceptors (Lipinski definition) is 3. The molecule has 0 spiro atoms. The quantitative estimate of drug-likeness (QED) is 0.415. The van der Waals surface area contributed by atoms with Gasteiger partial charge in [0.1, 0.15) is 11.6 Å². The van der Waals surface area contributed by atoms with E-state index in [0.29, 0.717) is 18.7 Å². The van der Waals surface area contributed by atoms with Crippen molar-refractivity contribution in [2.45, 2.75) is 13.0 Å². The van der Waals surface area contributed by atoms with Crippen LogP contribution >= 0.6 is 15.9 Å². The fourth-order valence-corrected chi connectivity index (χ4v) is 3.79. The third-order valence-corrected chi connectivity index (χ3v) is 5.24. The predicted octanol–water partition coefficient (Wildman–Crippen LogP) is 4.58. The van der Waals surface area contributed by atoms with E-state index in [4.69, 9.17) is 9.72 Å². The number of benzene rings is 3. The molecule has 6 heteroatoms. The minimum Gasteiger partial charge on any atom is -0.484 e. The molecule has 1 aromatic heterocycles. The molecule has 0 saturated heterocycles. The van der Waals surface area contributed by atoms with Crippen molar-refractivity contribution in [3.63, 3.8) is 0 Å². The third kappa shape index (κ3) is 5.07. The average molecular weight is 464 g/mol. The van der Waals surface area contributed by atoms with E-state index in [2.05, 4.69) is 44.0 Å². The lowest BCUT2D eigenvalue weighted by molar-refractivity contribution is -0.123. The van der Waals surface area contributed by atoms with Crippen molar-refractivity contribution in [1.82, 2.24) is 14.9 Å². The molecule has 5 nitrogen and oxygen atoms in total. The van der Waals surface area contributed by atoms with E-state index < -0.39 is 0 Å². The minimum atomic E-state index is -0.145. The molecule has 0 fully saturated rings. The Bertz CT molecular complexity index is 1140. The van der Waals surface area contributed by atoms with E-state index in [9.17, 15) is 4.79 Å². The van der Waals surface area contributed by atoms with Gasteiger partial charge in [-0.1, -0.05) is 58.4 Å². The van der Waals surface area contributed by atoms with Gasteiger partial charge in [-0.15, -0.1) is 0 Å². The summed E-state index contributed by atoms with van der Waals surface area (Å²) in [7, 11) is 0. The van der Waals surface area contributed by atoms with Crippen LogP contribution < -0.4 is 10.1 Å². The maximum absolute atomic E-state index is 12.1. The first-order valence-electron chi connectivity index (χ1n) is 9.82. The molecule has 0 bridgehead atoms. The number of imidazole rings is 1. The van der Waals surface area contributed by atoms with Crippen molar-refractivity contribution >= 4 is 32.9 Å². The molecular weight excluding hydrogens is 442 g/mol. The van der Waals surface area contributed by atoms with Crippen LogP contribution in [-0.2, 0) is 17.8 Å².